The minimum absolute atomic E-state index is 0.0430. The molecule has 1 aromatic rings. The molecule has 106 valence electrons. The second-order valence-corrected chi connectivity index (χ2v) is 5.00. The van der Waals surface area contributed by atoms with Gasteiger partial charge in [0.25, 0.3) is 0 Å². The molecule has 0 radical (unpaired) electrons. The molecule has 0 aromatic carbocycles. The van der Waals surface area contributed by atoms with E-state index in [4.69, 9.17) is 9.26 Å². The van der Waals surface area contributed by atoms with Gasteiger partial charge in [0.1, 0.15) is 5.76 Å². The van der Waals surface area contributed by atoms with Crippen molar-refractivity contribution in [1.82, 2.24) is 15.4 Å². The molecule has 0 aliphatic carbocycles. The number of ether oxygens (including phenoxy) is 1. The van der Waals surface area contributed by atoms with Crippen molar-refractivity contribution >= 4 is 5.91 Å². The number of likely N-dealkylation sites (N-methyl/N-ethyl adjacent to an activating group) is 1. The highest BCUT2D eigenvalue weighted by molar-refractivity contribution is 5.78. The van der Waals surface area contributed by atoms with E-state index in [1.165, 1.54) is 0 Å². The zero-order valence-corrected chi connectivity index (χ0v) is 11.7. The molecule has 19 heavy (non-hydrogen) atoms. The van der Waals surface area contributed by atoms with Crippen molar-refractivity contribution < 1.29 is 14.1 Å². The summed E-state index contributed by atoms with van der Waals surface area (Å²) in [6.07, 6.45) is 0.287. The summed E-state index contributed by atoms with van der Waals surface area (Å²) in [6.45, 7) is 6.12. The second kappa shape index (κ2) is 6.16. The molecule has 2 atom stereocenters. The lowest BCUT2D eigenvalue weighted by Gasteiger charge is -2.19. The second-order valence-electron chi connectivity index (χ2n) is 5.00. The number of carbonyl (C=O) groups excluding carboxylic acids is 1. The number of aryl methyl sites for hydroxylation is 1. The van der Waals surface area contributed by atoms with Crippen LogP contribution in [0, 0.1) is 6.92 Å². The van der Waals surface area contributed by atoms with E-state index in [-0.39, 0.29) is 24.5 Å². The summed E-state index contributed by atoms with van der Waals surface area (Å²) in [6, 6.07) is 1.82. The highest BCUT2D eigenvalue weighted by atomic mass is 16.5. The van der Waals surface area contributed by atoms with E-state index in [9.17, 15) is 4.79 Å². The third-order valence-electron chi connectivity index (χ3n) is 3.19. The Morgan fingerprint density at radius 2 is 2.42 bits per heavy atom. The Morgan fingerprint density at radius 1 is 1.63 bits per heavy atom. The van der Waals surface area contributed by atoms with E-state index in [1.54, 1.807) is 6.07 Å². The molecular weight excluding hydrogens is 246 g/mol. The average molecular weight is 267 g/mol. The number of hydrogen-bond acceptors (Lipinski definition) is 5. The van der Waals surface area contributed by atoms with Gasteiger partial charge in [0.05, 0.1) is 24.3 Å². The minimum Gasteiger partial charge on any atom is -0.375 e. The van der Waals surface area contributed by atoms with Gasteiger partial charge in [-0.25, -0.2) is 0 Å². The number of aromatic nitrogens is 1. The third kappa shape index (κ3) is 3.78. The molecule has 1 amide bonds. The zero-order chi connectivity index (χ0) is 13.8. The van der Waals surface area contributed by atoms with Crippen LogP contribution in [0.5, 0.6) is 0 Å². The molecular formula is C13H21N3O3. The highest BCUT2D eigenvalue weighted by Crippen LogP contribution is 2.12. The maximum Gasteiger partial charge on any atom is 0.228 e. The third-order valence-corrected chi connectivity index (χ3v) is 3.19. The lowest BCUT2D eigenvalue weighted by atomic mass is 10.2. The summed E-state index contributed by atoms with van der Waals surface area (Å²) in [5, 5.41) is 6.78. The fourth-order valence-corrected chi connectivity index (χ4v) is 2.40. The van der Waals surface area contributed by atoms with Gasteiger partial charge in [0.2, 0.25) is 5.91 Å². The molecule has 1 fully saturated rings. The summed E-state index contributed by atoms with van der Waals surface area (Å²) in [4.78, 5) is 14.1. The van der Waals surface area contributed by atoms with Crippen LogP contribution < -0.4 is 5.32 Å². The summed E-state index contributed by atoms with van der Waals surface area (Å²) < 4.78 is 10.7. The Morgan fingerprint density at radius 3 is 3.05 bits per heavy atom. The van der Waals surface area contributed by atoms with Crippen LogP contribution >= 0.6 is 0 Å². The maximum absolute atomic E-state index is 12.0. The smallest absolute Gasteiger partial charge is 0.228 e. The Bertz CT molecular complexity index is 433. The quantitative estimate of drug-likeness (QED) is 0.834. The van der Waals surface area contributed by atoms with Gasteiger partial charge >= 0.3 is 0 Å². The molecule has 6 nitrogen and oxygen atoms in total. The van der Waals surface area contributed by atoms with Gasteiger partial charge in [0, 0.05) is 25.8 Å². The van der Waals surface area contributed by atoms with Gasteiger partial charge in [-0.2, -0.15) is 0 Å². The van der Waals surface area contributed by atoms with Crippen LogP contribution in [-0.2, 0) is 16.0 Å². The number of carbonyl (C=O) groups is 1. The maximum atomic E-state index is 12.0. The zero-order valence-electron chi connectivity index (χ0n) is 11.7. The number of nitrogens with zero attached hydrogens (tertiary/aromatic N) is 2. The normalized spacial score (nSPS) is 23.7. The fraction of sp³-hybridized carbons (Fsp3) is 0.692. The van der Waals surface area contributed by atoms with Crippen LogP contribution in [0.2, 0.25) is 0 Å². The van der Waals surface area contributed by atoms with Crippen molar-refractivity contribution in [2.24, 2.45) is 0 Å². The Labute approximate surface area is 113 Å². The van der Waals surface area contributed by atoms with E-state index in [1.807, 2.05) is 20.9 Å². The minimum atomic E-state index is -0.0545. The summed E-state index contributed by atoms with van der Waals surface area (Å²) in [5.41, 5.74) is 0.788. The monoisotopic (exact) mass is 267 g/mol. The average Bonchev–Trinajstić information content (AvgIpc) is 2.87. The highest BCUT2D eigenvalue weighted by Gasteiger charge is 2.32. The Kier molecular flexibility index (Phi) is 4.55. The van der Waals surface area contributed by atoms with Crippen molar-refractivity contribution in [1.29, 1.82) is 0 Å². The van der Waals surface area contributed by atoms with Crippen molar-refractivity contribution in [2.75, 3.05) is 26.7 Å². The van der Waals surface area contributed by atoms with Crippen LogP contribution in [0.1, 0.15) is 18.4 Å². The summed E-state index contributed by atoms with van der Waals surface area (Å²) >= 11 is 0. The van der Waals surface area contributed by atoms with E-state index in [2.05, 4.69) is 15.4 Å². The lowest BCUT2D eigenvalue weighted by molar-refractivity contribution is -0.122. The molecule has 2 rings (SSSR count). The van der Waals surface area contributed by atoms with Gasteiger partial charge in [-0.15, -0.1) is 0 Å². The fourth-order valence-electron chi connectivity index (χ4n) is 2.40. The standard InChI is InChI=1S/C13H21N3O3/c1-4-18-12-8-16(3)7-11(12)14-13(17)6-10-5-9(2)15-19-10/h5,11-12H,4,6-8H2,1-3H3,(H,14,17)/t11-,12-/m1/s1. The van der Waals surface area contributed by atoms with E-state index in [0.717, 1.165) is 18.8 Å². The number of hydrogen-bond donors (Lipinski definition) is 1. The first-order chi connectivity index (χ1) is 9.08. The molecule has 1 aliphatic heterocycles. The van der Waals surface area contributed by atoms with Crippen molar-refractivity contribution in [3.05, 3.63) is 17.5 Å². The van der Waals surface area contributed by atoms with Crippen LogP contribution in [0.25, 0.3) is 0 Å². The van der Waals surface area contributed by atoms with Crippen LogP contribution in [0.15, 0.2) is 10.6 Å². The number of amides is 1. The molecule has 1 aromatic heterocycles. The van der Waals surface area contributed by atoms with Gasteiger partial charge < -0.3 is 19.5 Å². The summed E-state index contributed by atoms with van der Waals surface area (Å²) in [7, 11) is 2.03. The van der Waals surface area contributed by atoms with Gasteiger partial charge in [-0.3, -0.25) is 4.79 Å². The molecule has 1 N–H and O–H groups in total. The molecule has 1 saturated heterocycles. The number of rotatable bonds is 5. The first-order valence-corrected chi connectivity index (χ1v) is 6.60. The van der Waals surface area contributed by atoms with Gasteiger partial charge in [-0.05, 0) is 20.9 Å². The topological polar surface area (TPSA) is 67.6 Å². The Hall–Kier alpha value is -1.40. The molecule has 1 aliphatic rings. The van der Waals surface area contributed by atoms with Crippen molar-refractivity contribution in [3.8, 4) is 0 Å². The van der Waals surface area contributed by atoms with E-state index in [0.29, 0.717) is 12.4 Å². The molecule has 6 heteroatoms. The van der Waals surface area contributed by atoms with E-state index >= 15 is 0 Å². The SMILES string of the molecule is CCO[C@@H]1CN(C)C[C@H]1NC(=O)Cc1cc(C)no1. The van der Waals surface area contributed by atoms with Crippen LogP contribution in [-0.4, -0.2) is 54.9 Å². The predicted molar refractivity (Wildman–Crippen MR) is 69.8 cm³/mol. The first kappa shape index (κ1) is 14.0. The molecule has 0 saturated carbocycles. The van der Waals surface area contributed by atoms with Gasteiger partial charge in [-0.1, -0.05) is 5.16 Å². The molecule has 0 spiro atoms. The number of likely N-dealkylation sites (tertiary alicyclic amines) is 1. The molecule has 0 bridgehead atoms. The largest absolute Gasteiger partial charge is 0.375 e. The predicted octanol–water partition coefficient (Wildman–Crippen LogP) is 0.361. The Balaban J connectivity index is 1.87. The van der Waals surface area contributed by atoms with Gasteiger partial charge in [0.15, 0.2) is 0 Å². The van der Waals surface area contributed by atoms with Crippen molar-refractivity contribution in [2.45, 2.75) is 32.4 Å². The molecule has 2 heterocycles. The van der Waals surface area contributed by atoms with Crippen LogP contribution in [0.3, 0.4) is 0 Å². The number of nitrogens with one attached hydrogen (secondary N) is 1. The lowest BCUT2D eigenvalue weighted by Crippen LogP contribution is -2.44. The summed E-state index contributed by atoms with van der Waals surface area (Å²) in [5.74, 6) is 0.537. The van der Waals surface area contributed by atoms with Crippen molar-refractivity contribution in [3.63, 3.8) is 0 Å². The first-order valence-electron chi connectivity index (χ1n) is 6.60. The molecule has 0 unspecified atom stereocenters. The van der Waals surface area contributed by atoms with Crippen LogP contribution in [0.4, 0.5) is 0 Å². The van der Waals surface area contributed by atoms with E-state index < -0.39 is 0 Å².